The summed E-state index contributed by atoms with van der Waals surface area (Å²) in [5, 5.41) is 23.6. The third kappa shape index (κ3) is 9.46. The molecular weight excluding hydrogens is 708 g/mol. The van der Waals surface area contributed by atoms with Crippen molar-refractivity contribution in [3.8, 4) is 23.0 Å². The number of fused-ring (bicyclic) bond motifs is 8. The number of para-hydroxylation sites is 3. The van der Waals surface area contributed by atoms with Crippen LogP contribution in [0.3, 0.4) is 0 Å². The van der Waals surface area contributed by atoms with Crippen LogP contribution in [0.5, 0.6) is 23.0 Å². The highest BCUT2D eigenvalue weighted by Gasteiger charge is 2.44. The second-order valence-corrected chi connectivity index (χ2v) is 26.8. The Labute approximate surface area is 310 Å². The molecule has 11 heteroatoms. The zero-order chi connectivity index (χ0) is 37.8. The van der Waals surface area contributed by atoms with Crippen LogP contribution in [0.2, 0.25) is 39.3 Å². The third-order valence-electron chi connectivity index (χ3n) is 8.54. The van der Waals surface area contributed by atoms with E-state index in [-0.39, 0.29) is 29.9 Å². The van der Waals surface area contributed by atoms with Gasteiger partial charge in [0.05, 0.1) is 13.2 Å². The number of phenolic OH excluding ortho intramolecular Hbond substituents is 2. The summed E-state index contributed by atoms with van der Waals surface area (Å²) in [5.74, 6) is 1.63. The van der Waals surface area contributed by atoms with Crippen LogP contribution in [0.15, 0.2) is 66.7 Å². The minimum absolute atomic E-state index is 0.0391. The van der Waals surface area contributed by atoms with Crippen LogP contribution in [0.4, 0.5) is 0 Å². The fourth-order valence-corrected chi connectivity index (χ4v) is 13.9. The van der Waals surface area contributed by atoms with Gasteiger partial charge in [-0.25, -0.2) is 0 Å². The molecule has 0 saturated carbocycles. The minimum Gasteiger partial charge on any atom is -0.507 e. The molecule has 0 fully saturated rings. The summed E-state index contributed by atoms with van der Waals surface area (Å²) in [7, 11) is -9.32. The summed E-state index contributed by atoms with van der Waals surface area (Å²) in [6.07, 6.45) is 2.88. The summed E-state index contributed by atoms with van der Waals surface area (Å²) in [5.41, 5.74) is 5.36. The zero-order valence-corrected chi connectivity index (χ0v) is 34.7. The number of ether oxygens (including phenoxy) is 2. The van der Waals surface area contributed by atoms with Crippen molar-refractivity contribution in [3.63, 3.8) is 0 Å². The van der Waals surface area contributed by atoms with Crippen molar-refractivity contribution in [1.29, 1.82) is 0 Å². The lowest BCUT2D eigenvalue weighted by atomic mass is 9.90. The number of benzene rings is 4. The van der Waals surface area contributed by atoms with Crippen LogP contribution in [-0.4, -0.2) is 45.6 Å². The molecule has 0 aliphatic heterocycles. The lowest BCUT2D eigenvalue weighted by molar-refractivity contribution is 0.104. The quantitative estimate of drug-likeness (QED) is 0.0955. The standard InChI is InChI=1S/C41H53O8PSi2/c1-9-20-46-39-30-16-12-18-32(39)24-34-26-36(41(44)50(45,48-51(3,4)5)49-52(6,7)8)27-35(38(34)43)25-33-19-13-17-31(40(33)47-21-10-2)23-29-15-11-14-28(22-30)37(29)42/h11-19,26-27,42-43H,9-10,20-25H2,1-8H3. The Bertz CT molecular complexity index is 1860. The predicted molar refractivity (Wildman–Crippen MR) is 213 cm³/mol. The molecule has 1 aliphatic carbocycles. The molecule has 0 amide bonds. The number of hydrogen-bond donors (Lipinski definition) is 2. The van der Waals surface area contributed by atoms with E-state index in [0.29, 0.717) is 48.7 Å². The van der Waals surface area contributed by atoms with Gasteiger partial charge in [0.25, 0.3) is 5.52 Å². The van der Waals surface area contributed by atoms with Crippen molar-refractivity contribution >= 4 is 29.8 Å². The van der Waals surface area contributed by atoms with Gasteiger partial charge >= 0.3 is 7.60 Å². The second-order valence-electron chi connectivity index (χ2n) is 15.5. The van der Waals surface area contributed by atoms with Crippen LogP contribution < -0.4 is 9.47 Å². The van der Waals surface area contributed by atoms with Gasteiger partial charge in [-0.3, -0.25) is 9.36 Å². The maximum Gasteiger partial charge on any atom is 0.382 e. The topological polar surface area (TPSA) is 112 Å². The van der Waals surface area contributed by atoms with Crippen LogP contribution in [0.1, 0.15) is 81.6 Å². The van der Waals surface area contributed by atoms with E-state index in [2.05, 4.69) is 0 Å². The van der Waals surface area contributed by atoms with Gasteiger partial charge in [-0.15, -0.1) is 0 Å². The van der Waals surface area contributed by atoms with Gasteiger partial charge in [0.2, 0.25) is 0 Å². The molecule has 278 valence electrons. The van der Waals surface area contributed by atoms with Crippen LogP contribution in [0.25, 0.3) is 0 Å². The molecule has 0 unspecified atom stereocenters. The van der Waals surface area contributed by atoms with Gasteiger partial charge in [0, 0.05) is 31.2 Å². The molecule has 0 atom stereocenters. The zero-order valence-electron chi connectivity index (χ0n) is 31.8. The SMILES string of the molecule is CCCOc1c2cccc1Cc1cc(C(=O)P(=O)(O[Si](C)(C)C)O[Si](C)(C)C)cc(c1O)Cc1cccc(c1OCCC)Cc1cccc(c1O)C2. The molecule has 4 aromatic rings. The highest BCUT2D eigenvalue weighted by molar-refractivity contribution is 7.74. The van der Waals surface area contributed by atoms with E-state index < -0.39 is 29.8 Å². The Morgan fingerprint density at radius 2 is 0.923 bits per heavy atom. The van der Waals surface area contributed by atoms with E-state index in [0.717, 1.165) is 46.2 Å². The van der Waals surface area contributed by atoms with Gasteiger partial charge in [0.15, 0.2) is 16.6 Å². The van der Waals surface area contributed by atoms with E-state index in [1.165, 1.54) is 0 Å². The average Bonchev–Trinajstić information content (AvgIpc) is 3.05. The number of hydrogen-bond acceptors (Lipinski definition) is 8. The second kappa shape index (κ2) is 16.1. The molecule has 0 saturated heterocycles. The van der Waals surface area contributed by atoms with Crippen molar-refractivity contribution in [1.82, 2.24) is 0 Å². The van der Waals surface area contributed by atoms with Crippen molar-refractivity contribution in [2.45, 2.75) is 91.7 Å². The Hall–Kier alpha value is -3.67. The number of phenols is 2. The molecule has 52 heavy (non-hydrogen) atoms. The molecule has 0 heterocycles. The normalized spacial score (nSPS) is 13.5. The van der Waals surface area contributed by atoms with Gasteiger partial charge < -0.3 is 28.1 Å². The number of carbonyl (C=O) groups excluding carboxylic acids is 1. The Morgan fingerprint density at radius 1 is 0.596 bits per heavy atom. The first kappa shape index (κ1) is 39.5. The van der Waals surface area contributed by atoms with Crippen molar-refractivity contribution in [2.75, 3.05) is 13.2 Å². The maximum atomic E-state index is 14.6. The smallest absolute Gasteiger partial charge is 0.382 e. The summed E-state index contributed by atoms with van der Waals surface area (Å²) in [4.78, 5) is 14.5. The molecule has 0 radical (unpaired) electrons. The van der Waals surface area contributed by atoms with Crippen LogP contribution in [0, 0.1) is 0 Å². The first-order chi connectivity index (χ1) is 24.5. The number of aromatic hydroxyl groups is 2. The molecular formula is C41H53O8PSi2. The summed E-state index contributed by atoms with van der Waals surface area (Å²) in [6, 6.07) is 20.9. The lowest BCUT2D eigenvalue weighted by Gasteiger charge is -2.30. The monoisotopic (exact) mass is 760 g/mol. The van der Waals surface area contributed by atoms with Crippen molar-refractivity contribution in [3.05, 3.63) is 117 Å². The summed E-state index contributed by atoms with van der Waals surface area (Å²) >= 11 is 0. The molecule has 2 N–H and O–H groups in total. The molecule has 4 aromatic carbocycles. The molecule has 5 rings (SSSR count). The molecule has 0 aromatic heterocycles. The molecule has 0 spiro atoms. The van der Waals surface area contributed by atoms with E-state index in [1.54, 1.807) is 12.1 Å². The number of rotatable bonds is 12. The van der Waals surface area contributed by atoms with E-state index >= 15 is 0 Å². The fourth-order valence-electron chi connectivity index (χ4n) is 6.50. The molecule has 1 aliphatic rings. The first-order valence-corrected chi connectivity index (χ1v) is 26.6. The predicted octanol–water partition coefficient (Wildman–Crippen LogP) is 10.4. The lowest BCUT2D eigenvalue weighted by Crippen LogP contribution is -2.32. The van der Waals surface area contributed by atoms with Crippen molar-refractivity contribution < 1.29 is 37.5 Å². The van der Waals surface area contributed by atoms with Crippen LogP contribution in [-0.2, 0) is 38.7 Å². The Morgan fingerprint density at radius 3 is 1.27 bits per heavy atom. The summed E-state index contributed by atoms with van der Waals surface area (Å²) in [6.45, 7) is 16.3. The largest absolute Gasteiger partial charge is 0.507 e. The molecule has 8 bridgehead atoms. The van der Waals surface area contributed by atoms with Gasteiger partial charge in [0.1, 0.15) is 23.0 Å². The first-order valence-electron chi connectivity index (χ1n) is 18.2. The maximum absolute atomic E-state index is 14.6. The van der Waals surface area contributed by atoms with Crippen LogP contribution >= 0.6 is 7.60 Å². The van der Waals surface area contributed by atoms with E-state index in [1.807, 2.05) is 108 Å². The van der Waals surface area contributed by atoms with Gasteiger partial charge in [-0.2, -0.15) is 0 Å². The highest BCUT2D eigenvalue weighted by atomic mass is 31.2. The van der Waals surface area contributed by atoms with Gasteiger partial charge in [-0.05, 0) is 109 Å². The third-order valence-corrected chi connectivity index (χ3v) is 15.6. The average molecular weight is 761 g/mol. The minimum atomic E-state index is -4.27. The van der Waals surface area contributed by atoms with Gasteiger partial charge in [-0.1, -0.05) is 68.4 Å². The fraction of sp³-hybridized carbons (Fsp3) is 0.390. The molecule has 8 nitrogen and oxygen atoms in total. The van der Waals surface area contributed by atoms with E-state index in [4.69, 9.17) is 17.9 Å². The summed E-state index contributed by atoms with van der Waals surface area (Å²) < 4.78 is 39.6. The Balaban J connectivity index is 1.78. The van der Waals surface area contributed by atoms with Crippen molar-refractivity contribution in [2.24, 2.45) is 0 Å². The highest BCUT2D eigenvalue weighted by Crippen LogP contribution is 2.56. The van der Waals surface area contributed by atoms with E-state index in [9.17, 15) is 19.6 Å². The Kier molecular flexibility index (Phi) is 12.3. The number of carbonyl (C=O) groups is 1.